The van der Waals surface area contributed by atoms with Gasteiger partial charge in [0.05, 0.1) is 23.7 Å². The van der Waals surface area contributed by atoms with E-state index in [1.165, 1.54) is 9.70 Å². The molecule has 0 fully saturated rings. The highest BCUT2D eigenvalue weighted by Crippen LogP contribution is 2.40. The molecule has 43 heavy (non-hydrogen) atoms. The fourth-order valence-corrected chi connectivity index (χ4v) is 5.40. The fourth-order valence-electron chi connectivity index (χ4n) is 4.40. The number of benzene rings is 3. The molecule has 1 unspecified atom stereocenters. The quantitative estimate of drug-likeness (QED) is 0.159. The maximum absolute atomic E-state index is 13.3. The molecule has 0 N–H and O–H groups in total. The van der Waals surface area contributed by atoms with Crippen LogP contribution in [0.1, 0.15) is 43.0 Å². The van der Waals surface area contributed by atoms with E-state index < -0.39 is 34.4 Å². The third kappa shape index (κ3) is 6.51. The second-order valence-electron chi connectivity index (χ2n) is 10.7. The Hall–Kier alpha value is -3.60. The molecular weight excluding hydrogens is 632 g/mol. The van der Waals surface area contributed by atoms with Crippen molar-refractivity contribution >= 4 is 57.0 Å². The largest absolute Gasteiger partial charge is 0.416 e. The Labute approximate surface area is 258 Å². The highest BCUT2D eigenvalue weighted by atomic mass is 35.5. The summed E-state index contributed by atoms with van der Waals surface area (Å²) in [5.41, 5.74) is -3.34. The van der Waals surface area contributed by atoms with Crippen LogP contribution in [-0.2, 0) is 18.9 Å². The molecule has 0 aliphatic carbocycles. The summed E-state index contributed by atoms with van der Waals surface area (Å²) in [6.45, 7) is 4.96. The van der Waals surface area contributed by atoms with E-state index in [-0.39, 0.29) is 27.6 Å². The minimum atomic E-state index is -4.60. The van der Waals surface area contributed by atoms with Crippen molar-refractivity contribution in [2.75, 3.05) is 0 Å². The van der Waals surface area contributed by atoms with Crippen LogP contribution in [0.15, 0.2) is 66.7 Å². The molecule has 0 spiro atoms. The molecule has 14 heteroatoms. The summed E-state index contributed by atoms with van der Waals surface area (Å²) >= 11 is 17.7. The molecule has 0 bridgehead atoms. The smallest absolute Gasteiger partial charge is 0.301 e. The van der Waals surface area contributed by atoms with E-state index in [1.807, 2.05) is 0 Å². The molecule has 1 aromatic heterocycles. The molecule has 0 saturated heterocycles. The van der Waals surface area contributed by atoms with Crippen LogP contribution in [-0.4, -0.2) is 35.4 Å². The van der Waals surface area contributed by atoms with E-state index >= 15 is 0 Å². The number of thiocarbonyl (C=S) groups is 2. The van der Waals surface area contributed by atoms with Gasteiger partial charge in [-0.1, -0.05) is 81.1 Å². The summed E-state index contributed by atoms with van der Waals surface area (Å²) in [5.74, 6) is 0. The Bertz CT molecular complexity index is 1650. The summed E-state index contributed by atoms with van der Waals surface area (Å²) in [6, 6.07) is 15.1. The van der Waals surface area contributed by atoms with Crippen LogP contribution in [0.4, 0.5) is 26.3 Å². The molecule has 0 aliphatic rings. The van der Waals surface area contributed by atoms with Crippen molar-refractivity contribution in [3.8, 4) is 6.07 Å². The second kappa shape index (κ2) is 11.5. The normalized spacial score (nSPS) is 13.8. The summed E-state index contributed by atoms with van der Waals surface area (Å²) < 4.78 is 79.7. The highest BCUT2D eigenvalue weighted by Gasteiger charge is 2.51. The lowest BCUT2D eigenvalue weighted by Gasteiger charge is -2.48. The van der Waals surface area contributed by atoms with Gasteiger partial charge in [-0.25, -0.2) is 0 Å². The van der Waals surface area contributed by atoms with Crippen LogP contribution in [0.3, 0.4) is 0 Å². The molecule has 5 nitrogen and oxygen atoms in total. The van der Waals surface area contributed by atoms with Gasteiger partial charge in [0.25, 0.3) is 0 Å². The number of nitrogens with zero attached hydrogens (tertiary/aromatic N) is 5. The molecule has 1 atom stereocenters. The zero-order chi connectivity index (χ0) is 32.0. The van der Waals surface area contributed by atoms with E-state index in [1.54, 1.807) is 39.0 Å². The molecule has 0 radical (unpaired) electrons. The lowest BCUT2D eigenvalue weighted by molar-refractivity contribution is -0.138. The van der Waals surface area contributed by atoms with E-state index in [9.17, 15) is 31.6 Å². The average Bonchev–Trinajstić information content (AvgIpc) is 3.32. The van der Waals surface area contributed by atoms with Gasteiger partial charge >= 0.3 is 12.4 Å². The molecule has 1 heterocycles. The SMILES string of the molecule is CC(C)(C)C(C#N)(Cn1nc2ccc(Cl)cc2n1)N(C(=S)c1ccc(C(F)(F)F)cc1)C(=S)c1ccc(C(F)(F)F)cc1. The van der Waals surface area contributed by atoms with Crippen molar-refractivity contribution < 1.29 is 26.3 Å². The Morgan fingerprint density at radius 3 is 1.63 bits per heavy atom. The maximum Gasteiger partial charge on any atom is 0.416 e. The third-order valence-electron chi connectivity index (χ3n) is 6.89. The molecule has 4 rings (SSSR count). The van der Waals surface area contributed by atoms with Crippen molar-refractivity contribution in [2.45, 2.75) is 45.2 Å². The van der Waals surface area contributed by atoms with E-state index in [0.717, 1.165) is 48.5 Å². The van der Waals surface area contributed by atoms with Gasteiger partial charge in [-0.15, -0.1) is 0 Å². The summed E-state index contributed by atoms with van der Waals surface area (Å²) in [6.07, 6.45) is -9.21. The first-order chi connectivity index (χ1) is 19.9. The Morgan fingerprint density at radius 1 is 0.791 bits per heavy atom. The number of aromatic nitrogens is 3. The Morgan fingerprint density at radius 2 is 1.23 bits per heavy atom. The van der Waals surface area contributed by atoms with Crippen molar-refractivity contribution in [2.24, 2.45) is 5.41 Å². The van der Waals surface area contributed by atoms with E-state index in [4.69, 9.17) is 36.0 Å². The van der Waals surface area contributed by atoms with Crippen molar-refractivity contribution in [1.29, 1.82) is 5.26 Å². The molecule has 0 amide bonds. The second-order valence-corrected chi connectivity index (χ2v) is 11.9. The van der Waals surface area contributed by atoms with Crippen LogP contribution < -0.4 is 0 Å². The van der Waals surface area contributed by atoms with Gasteiger partial charge in [0, 0.05) is 21.6 Å². The maximum atomic E-state index is 13.3. The predicted molar refractivity (Wildman–Crippen MR) is 158 cm³/mol. The first-order valence-electron chi connectivity index (χ1n) is 12.5. The lowest BCUT2D eigenvalue weighted by atomic mass is 9.72. The summed E-state index contributed by atoms with van der Waals surface area (Å²) in [5, 5.41) is 20.2. The number of alkyl halides is 6. The monoisotopic (exact) mass is 653 g/mol. The van der Waals surface area contributed by atoms with Gasteiger partial charge in [-0.05, 0) is 42.5 Å². The number of hydrogen-bond donors (Lipinski definition) is 0. The van der Waals surface area contributed by atoms with Crippen molar-refractivity contribution in [1.82, 2.24) is 19.9 Å². The molecule has 3 aromatic carbocycles. The average molecular weight is 654 g/mol. The van der Waals surface area contributed by atoms with Crippen LogP contribution in [0, 0.1) is 16.7 Å². The molecule has 0 aliphatic heterocycles. The summed E-state index contributed by atoms with van der Waals surface area (Å²) in [4.78, 5) is 2.33. The van der Waals surface area contributed by atoms with Crippen LogP contribution in [0.5, 0.6) is 0 Å². The highest BCUT2D eigenvalue weighted by molar-refractivity contribution is 7.82. The van der Waals surface area contributed by atoms with Crippen molar-refractivity contribution in [3.05, 3.63) is 94.0 Å². The molecule has 4 aromatic rings. The van der Waals surface area contributed by atoms with Crippen molar-refractivity contribution in [3.63, 3.8) is 0 Å². The number of halogens is 7. The van der Waals surface area contributed by atoms with Crippen LogP contribution in [0.2, 0.25) is 5.02 Å². The first kappa shape index (κ1) is 32.3. The third-order valence-corrected chi connectivity index (χ3v) is 7.96. The number of fused-ring (bicyclic) bond motifs is 1. The number of hydrogen-bond acceptors (Lipinski definition) is 5. The lowest BCUT2D eigenvalue weighted by Crippen LogP contribution is -2.62. The first-order valence-corrected chi connectivity index (χ1v) is 13.7. The standard InChI is InChI=1S/C29H22ClF6N5S2/c1-26(2,3)27(15-37,16-40-38-22-13-12-21(30)14-23(22)39-40)41(24(42)17-4-8-19(9-5-17)28(31,32)33)25(43)18-6-10-20(11-7-18)29(34,35)36/h4-14H,16H2,1-3H3. The number of nitriles is 1. The minimum absolute atomic E-state index is 0.116. The van der Waals surface area contributed by atoms with Gasteiger partial charge in [-0.2, -0.15) is 46.6 Å². The van der Waals surface area contributed by atoms with Gasteiger partial charge < -0.3 is 4.90 Å². The Kier molecular flexibility index (Phi) is 8.63. The van der Waals surface area contributed by atoms with Gasteiger partial charge in [-0.3, -0.25) is 0 Å². The van der Waals surface area contributed by atoms with Crippen LogP contribution in [0.25, 0.3) is 11.0 Å². The zero-order valence-electron chi connectivity index (χ0n) is 22.8. The Balaban J connectivity index is 1.90. The van der Waals surface area contributed by atoms with Gasteiger partial charge in [0.1, 0.15) is 21.0 Å². The molecule has 224 valence electrons. The minimum Gasteiger partial charge on any atom is -0.301 e. The summed E-state index contributed by atoms with van der Waals surface area (Å²) in [7, 11) is 0. The van der Waals surface area contributed by atoms with E-state index in [0.29, 0.717) is 16.1 Å². The van der Waals surface area contributed by atoms with E-state index in [2.05, 4.69) is 16.3 Å². The molecular formula is C29H22ClF6N5S2. The van der Waals surface area contributed by atoms with Gasteiger partial charge in [0.2, 0.25) is 0 Å². The van der Waals surface area contributed by atoms with Gasteiger partial charge in [0.15, 0.2) is 5.54 Å². The van der Waals surface area contributed by atoms with Crippen LogP contribution >= 0.6 is 36.0 Å². The zero-order valence-corrected chi connectivity index (χ0v) is 25.1. The fraction of sp³-hybridized carbons (Fsp3) is 0.276. The molecule has 0 saturated carbocycles. The topological polar surface area (TPSA) is 57.7 Å². The predicted octanol–water partition coefficient (Wildman–Crippen LogP) is 8.48. The number of rotatable bonds is 5.